The number of nitrogens with two attached hydrogens (primary N) is 1. The van der Waals surface area contributed by atoms with Gasteiger partial charge >= 0.3 is 12.0 Å². The van der Waals surface area contributed by atoms with Crippen molar-refractivity contribution in [1.82, 2.24) is 4.90 Å². The zero-order valence-corrected chi connectivity index (χ0v) is 9.29. The van der Waals surface area contributed by atoms with Crippen LogP contribution < -0.4 is 5.73 Å². The van der Waals surface area contributed by atoms with Crippen molar-refractivity contribution in [2.45, 2.75) is 30.8 Å². The highest BCUT2D eigenvalue weighted by Crippen LogP contribution is 2.38. The van der Waals surface area contributed by atoms with Gasteiger partial charge in [-0.25, -0.2) is 4.79 Å². The van der Waals surface area contributed by atoms with Crippen molar-refractivity contribution in [3.63, 3.8) is 0 Å². The van der Waals surface area contributed by atoms with Crippen molar-refractivity contribution in [1.29, 1.82) is 0 Å². The summed E-state index contributed by atoms with van der Waals surface area (Å²) in [4.78, 5) is 15.6. The van der Waals surface area contributed by atoms with Crippen molar-refractivity contribution in [2.24, 2.45) is 10.7 Å². The lowest BCUT2D eigenvalue weighted by Gasteiger charge is -2.32. The number of hydrogen-bond donors (Lipinski definition) is 3. The van der Waals surface area contributed by atoms with E-state index in [2.05, 4.69) is 4.99 Å². The summed E-state index contributed by atoms with van der Waals surface area (Å²) < 4.78 is 32.3. The molecular weight excluding hydrogens is 252 g/mol. The van der Waals surface area contributed by atoms with Gasteiger partial charge in [0.25, 0.3) is 0 Å². The maximum absolute atomic E-state index is 13.7. The number of aliphatic hydroxyl groups excluding tert-OH is 2. The summed E-state index contributed by atoms with van der Waals surface area (Å²) in [7, 11) is 0. The Bertz CT molecular complexity index is 390. The number of nitrogens with zero attached hydrogens (tertiary/aromatic N) is 2. The fraction of sp³-hybridized carbons (Fsp3) is 0.778. The predicted molar refractivity (Wildman–Crippen MR) is 55.0 cm³/mol. The van der Waals surface area contributed by atoms with Crippen LogP contribution in [0.1, 0.15) is 6.42 Å². The van der Waals surface area contributed by atoms with Crippen molar-refractivity contribution in [3.8, 4) is 0 Å². The molecule has 2 aliphatic heterocycles. The highest BCUT2D eigenvalue weighted by Gasteiger charge is 2.61. The second kappa shape index (κ2) is 4.41. The Morgan fingerprint density at radius 1 is 1.61 bits per heavy atom. The lowest BCUT2D eigenvalue weighted by atomic mass is 10.1. The normalized spacial score (nSPS) is 35.8. The molecule has 0 aromatic carbocycles. The second-order valence-electron chi connectivity index (χ2n) is 4.16. The molecule has 1 fully saturated rings. The molecular formula is C9H13F2N3O4. The van der Waals surface area contributed by atoms with E-state index >= 15 is 0 Å². The number of hydrogen-bond acceptors (Lipinski definition) is 5. The highest BCUT2D eigenvalue weighted by molar-refractivity contribution is 5.95. The van der Waals surface area contributed by atoms with Gasteiger partial charge in [-0.2, -0.15) is 13.8 Å². The molecule has 4 N–H and O–H groups in total. The fourth-order valence-corrected chi connectivity index (χ4v) is 1.94. The Kier molecular flexibility index (Phi) is 3.21. The first-order valence-corrected chi connectivity index (χ1v) is 5.33. The smallest absolute Gasteiger partial charge is 0.347 e. The van der Waals surface area contributed by atoms with Crippen LogP contribution in [0.15, 0.2) is 4.99 Å². The SMILES string of the molecule is NC1=NC(=O)N([C@@H]2O[C@H](CO)C(O)C2(F)F)CC1. The predicted octanol–water partition coefficient (Wildman–Crippen LogP) is -1.12. The number of rotatable bonds is 2. The molecule has 0 aliphatic carbocycles. The number of carbonyl (C=O) groups is 1. The van der Waals surface area contributed by atoms with Crippen LogP contribution in [0.4, 0.5) is 13.6 Å². The molecule has 9 heteroatoms. The summed E-state index contributed by atoms with van der Waals surface area (Å²) in [5.74, 6) is -3.60. The van der Waals surface area contributed by atoms with Gasteiger partial charge < -0.3 is 20.7 Å². The van der Waals surface area contributed by atoms with Crippen LogP contribution in [0, 0.1) is 0 Å². The van der Waals surface area contributed by atoms with Crippen LogP contribution in [-0.4, -0.2) is 64.5 Å². The average Bonchev–Trinajstić information content (AvgIpc) is 2.52. The fourth-order valence-electron chi connectivity index (χ4n) is 1.94. The third kappa shape index (κ3) is 1.93. The molecule has 18 heavy (non-hydrogen) atoms. The summed E-state index contributed by atoms with van der Waals surface area (Å²) in [5, 5.41) is 18.1. The van der Waals surface area contributed by atoms with Gasteiger partial charge in [0.15, 0.2) is 6.10 Å². The van der Waals surface area contributed by atoms with E-state index in [1.165, 1.54) is 0 Å². The number of urea groups is 1. The van der Waals surface area contributed by atoms with E-state index in [0.717, 1.165) is 0 Å². The minimum atomic E-state index is -3.66. The summed E-state index contributed by atoms with van der Waals surface area (Å²) >= 11 is 0. The monoisotopic (exact) mass is 265 g/mol. The summed E-state index contributed by atoms with van der Waals surface area (Å²) in [6.07, 6.45) is -5.37. The van der Waals surface area contributed by atoms with Gasteiger partial charge in [-0.15, -0.1) is 0 Å². The van der Waals surface area contributed by atoms with Crippen LogP contribution in [0.25, 0.3) is 0 Å². The van der Waals surface area contributed by atoms with E-state index in [9.17, 15) is 18.7 Å². The number of ether oxygens (including phenoxy) is 1. The zero-order valence-electron chi connectivity index (χ0n) is 9.29. The number of carbonyl (C=O) groups excluding carboxylic acids is 1. The van der Waals surface area contributed by atoms with Crippen molar-refractivity contribution >= 4 is 11.9 Å². The molecule has 2 aliphatic rings. The van der Waals surface area contributed by atoms with Crippen LogP contribution >= 0.6 is 0 Å². The van der Waals surface area contributed by atoms with Crippen LogP contribution in [-0.2, 0) is 4.74 Å². The molecule has 1 unspecified atom stereocenters. The van der Waals surface area contributed by atoms with E-state index < -0.39 is 37.0 Å². The summed E-state index contributed by atoms with van der Waals surface area (Å²) in [6.45, 7) is -0.833. The minimum Gasteiger partial charge on any atom is -0.394 e. The molecule has 0 bridgehead atoms. The standard InChI is InChI=1S/C9H13F2N3O4/c10-9(11)6(16)4(3-15)18-7(9)14-2-1-5(12)13-8(14)17/h4,6-7,15-16H,1-3H2,(H2,12,13,17)/t4-,6?,7-/m1/s1. The second-order valence-corrected chi connectivity index (χ2v) is 4.16. The number of amidine groups is 1. The van der Waals surface area contributed by atoms with Crippen LogP contribution in [0.3, 0.4) is 0 Å². The first-order chi connectivity index (χ1) is 8.37. The molecule has 3 atom stereocenters. The summed E-state index contributed by atoms with van der Waals surface area (Å²) in [5.41, 5.74) is 5.32. The lowest BCUT2D eigenvalue weighted by Crippen LogP contribution is -2.53. The quantitative estimate of drug-likeness (QED) is 0.586. The number of amides is 2. The maximum atomic E-state index is 13.7. The Balaban J connectivity index is 2.21. The number of alkyl halides is 2. The molecule has 2 amide bonds. The van der Waals surface area contributed by atoms with Gasteiger partial charge in [0.2, 0.25) is 6.23 Å². The molecule has 0 aromatic heterocycles. The maximum Gasteiger partial charge on any atom is 0.347 e. The zero-order chi connectivity index (χ0) is 13.5. The van der Waals surface area contributed by atoms with E-state index in [-0.39, 0.29) is 18.8 Å². The minimum absolute atomic E-state index is 0.0665. The Hall–Kier alpha value is -1.32. The van der Waals surface area contributed by atoms with Crippen LogP contribution in [0.5, 0.6) is 0 Å². The lowest BCUT2D eigenvalue weighted by molar-refractivity contribution is -0.153. The Morgan fingerprint density at radius 2 is 2.28 bits per heavy atom. The van der Waals surface area contributed by atoms with E-state index in [1.54, 1.807) is 0 Å². The van der Waals surface area contributed by atoms with Gasteiger partial charge in [0, 0.05) is 13.0 Å². The number of aliphatic hydroxyl groups is 2. The largest absolute Gasteiger partial charge is 0.394 e. The van der Waals surface area contributed by atoms with Gasteiger partial charge in [-0.1, -0.05) is 0 Å². The Morgan fingerprint density at radius 3 is 2.78 bits per heavy atom. The molecule has 0 aromatic rings. The van der Waals surface area contributed by atoms with E-state index in [1.807, 2.05) is 0 Å². The highest BCUT2D eigenvalue weighted by atomic mass is 19.3. The van der Waals surface area contributed by atoms with E-state index in [4.69, 9.17) is 15.6 Å². The van der Waals surface area contributed by atoms with E-state index in [0.29, 0.717) is 4.90 Å². The summed E-state index contributed by atoms with van der Waals surface area (Å²) in [6, 6.07) is -0.936. The van der Waals surface area contributed by atoms with Crippen molar-refractivity contribution in [2.75, 3.05) is 13.2 Å². The van der Waals surface area contributed by atoms with Crippen molar-refractivity contribution in [3.05, 3.63) is 0 Å². The van der Waals surface area contributed by atoms with Gasteiger partial charge in [0.05, 0.1) is 6.61 Å². The third-order valence-corrected chi connectivity index (χ3v) is 2.94. The van der Waals surface area contributed by atoms with Gasteiger partial charge in [-0.05, 0) is 0 Å². The van der Waals surface area contributed by atoms with Gasteiger partial charge in [-0.3, -0.25) is 4.90 Å². The van der Waals surface area contributed by atoms with Crippen molar-refractivity contribution < 1.29 is 28.5 Å². The molecule has 1 saturated heterocycles. The Labute approximate surface area is 101 Å². The molecule has 2 rings (SSSR count). The molecule has 2 heterocycles. The molecule has 0 spiro atoms. The topological polar surface area (TPSA) is 108 Å². The molecule has 0 saturated carbocycles. The third-order valence-electron chi connectivity index (χ3n) is 2.94. The molecule has 0 radical (unpaired) electrons. The van der Waals surface area contributed by atoms with Gasteiger partial charge in [0.1, 0.15) is 11.9 Å². The first-order valence-electron chi connectivity index (χ1n) is 5.33. The number of halogens is 2. The molecule has 102 valence electrons. The average molecular weight is 265 g/mol. The first kappa shape index (κ1) is 13.1. The molecule has 7 nitrogen and oxygen atoms in total. The number of aliphatic imine (C=N–C) groups is 1. The van der Waals surface area contributed by atoms with Crippen LogP contribution in [0.2, 0.25) is 0 Å².